The van der Waals surface area contributed by atoms with Crippen LogP contribution in [0.1, 0.15) is 26.6 Å². The van der Waals surface area contributed by atoms with Crippen LogP contribution in [0.5, 0.6) is 0 Å². The number of nitrogen functional groups attached to an aromatic ring is 1. The van der Waals surface area contributed by atoms with Gasteiger partial charge in [0, 0.05) is 21.9 Å². The molecule has 2 N–H and O–H groups in total. The molecule has 0 radical (unpaired) electrons. The highest BCUT2D eigenvalue weighted by Crippen LogP contribution is 2.30. The molecule has 0 atom stereocenters. The fourth-order valence-corrected chi connectivity index (χ4v) is 2.25. The Bertz CT molecular complexity index is 818. The molecule has 3 aromatic rings. The van der Waals surface area contributed by atoms with Crippen LogP contribution in [0.3, 0.4) is 0 Å². The van der Waals surface area contributed by atoms with E-state index in [4.69, 9.17) is 21.8 Å². The van der Waals surface area contributed by atoms with Gasteiger partial charge in [-0.15, -0.1) is 0 Å². The van der Waals surface area contributed by atoms with Crippen LogP contribution in [0.4, 0.5) is 5.82 Å². The van der Waals surface area contributed by atoms with Gasteiger partial charge in [-0.2, -0.15) is 0 Å². The van der Waals surface area contributed by atoms with Gasteiger partial charge in [0.2, 0.25) is 0 Å². The summed E-state index contributed by atoms with van der Waals surface area (Å²) in [5.74, 6) is 1.78. The quantitative estimate of drug-likeness (QED) is 0.722. The van der Waals surface area contributed by atoms with Crippen LogP contribution in [0, 0.1) is 0 Å². The van der Waals surface area contributed by atoms with E-state index in [0.29, 0.717) is 28.1 Å². The van der Waals surface area contributed by atoms with Crippen LogP contribution in [-0.2, 0) is 5.41 Å². The van der Waals surface area contributed by atoms with E-state index >= 15 is 0 Å². The van der Waals surface area contributed by atoms with Crippen molar-refractivity contribution in [3.8, 4) is 11.5 Å². The van der Waals surface area contributed by atoms with Crippen molar-refractivity contribution < 1.29 is 4.42 Å². The molecule has 5 heteroatoms. The molecule has 0 fully saturated rings. The zero-order valence-electron chi connectivity index (χ0n) is 12.1. The van der Waals surface area contributed by atoms with Crippen molar-refractivity contribution in [1.82, 2.24) is 9.97 Å². The van der Waals surface area contributed by atoms with Crippen LogP contribution in [-0.4, -0.2) is 9.97 Å². The number of halogens is 1. The standard InChI is InChI=1S/C16H16ClN3O/c1-16(2,3)15-19-11(8-14(18)20-15)13-7-9-6-10(17)4-5-12(9)21-13/h4-8H,1-3H3,(H2,18,19,20). The summed E-state index contributed by atoms with van der Waals surface area (Å²) in [6.45, 7) is 6.14. The molecule has 3 rings (SSSR count). The number of furan rings is 1. The lowest BCUT2D eigenvalue weighted by Gasteiger charge is -2.17. The first-order valence-electron chi connectivity index (χ1n) is 6.67. The van der Waals surface area contributed by atoms with E-state index < -0.39 is 0 Å². The van der Waals surface area contributed by atoms with Crippen molar-refractivity contribution in [3.63, 3.8) is 0 Å². The van der Waals surface area contributed by atoms with Gasteiger partial charge >= 0.3 is 0 Å². The molecule has 0 aliphatic rings. The van der Waals surface area contributed by atoms with Gasteiger partial charge in [-0.05, 0) is 24.3 Å². The van der Waals surface area contributed by atoms with Crippen molar-refractivity contribution >= 4 is 28.4 Å². The third-order valence-electron chi connectivity index (χ3n) is 3.15. The molecule has 0 spiro atoms. The lowest BCUT2D eigenvalue weighted by Crippen LogP contribution is -2.17. The maximum absolute atomic E-state index is 6.00. The van der Waals surface area contributed by atoms with Gasteiger partial charge in [0.15, 0.2) is 5.76 Å². The highest BCUT2D eigenvalue weighted by Gasteiger charge is 2.20. The largest absolute Gasteiger partial charge is 0.454 e. The lowest BCUT2D eigenvalue weighted by molar-refractivity contribution is 0.544. The Kier molecular flexibility index (Phi) is 3.14. The van der Waals surface area contributed by atoms with Crippen molar-refractivity contribution in [2.45, 2.75) is 26.2 Å². The number of rotatable bonds is 1. The molecule has 0 saturated carbocycles. The van der Waals surface area contributed by atoms with Crippen molar-refractivity contribution in [2.75, 3.05) is 5.73 Å². The fourth-order valence-electron chi connectivity index (χ4n) is 2.07. The predicted octanol–water partition coefficient (Wildman–Crippen LogP) is 4.42. The van der Waals surface area contributed by atoms with Gasteiger partial charge in [-0.1, -0.05) is 32.4 Å². The molecule has 4 nitrogen and oxygen atoms in total. The third kappa shape index (κ3) is 2.72. The molecule has 2 heterocycles. The molecule has 0 saturated heterocycles. The number of nitrogens with two attached hydrogens (primary N) is 1. The monoisotopic (exact) mass is 301 g/mol. The van der Waals surface area contributed by atoms with E-state index in [0.717, 1.165) is 11.0 Å². The second-order valence-corrected chi connectivity index (χ2v) is 6.48. The van der Waals surface area contributed by atoms with Gasteiger partial charge in [0.25, 0.3) is 0 Å². The van der Waals surface area contributed by atoms with E-state index in [1.165, 1.54) is 0 Å². The fraction of sp³-hybridized carbons (Fsp3) is 0.250. The molecule has 108 valence electrons. The molecule has 0 bridgehead atoms. The van der Waals surface area contributed by atoms with Crippen LogP contribution >= 0.6 is 11.6 Å². The Hall–Kier alpha value is -2.07. The smallest absolute Gasteiger partial charge is 0.154 e. The number of hydrogen-bond acceptors (Lipinski definition) is 4. The first-order chi connectivity index (χ1) is 9.83. The maximum Gasteiger partial charge on any atom is 0.154 e. The summed E-state index contributed by atoms with van der Waals surface area (Å²) in [5.41, 5.74) is 7.16. The lowest BCUT2D eigenvalue weighted by atomic mass is 9.95. The second-order valence-electron chi connectivity index (χ2n) is 6.04. The van der Waals surface area contributed by atoms with Gasteiger partial charge in [-0.3, -0.25) is 0 Å². The summed E-state index contributed by atoms with van der Waals surface area (Å²) in [4.78, 5) is 8.88. The molecule has 0 aliphatic heterocycles. The minimum atomic E-state index is -0.181. The average Bonchev–Trinajstić information content (AvgIpc) is 2.80. The summed E-state index contributed by atoms with van der Waals surface area (Å²) < 4.78 is 5.83. The first-order valence-corrected chi connectivity index (χ1v) is 7.05. The summed E-state index contributed by atoms with van der Waals surface area (Å²) in [7, 11) is 0. The Morgan fingerprint density at radius 3 is 2.57 bits per heavy atom. The Labute approximate surface area is 128 Å². The molecule has 21 heavy (non-hydrogen) atoms. The number of benzene rings is 1. The third-order valence-corrected chi connectivity index (χ3v) is 3.38. The summed E-state index contributed by atoms with van der Waals surface area (Å²) in [5, 5.41) is 1.61. The van der Waals surface area contributed by atoms with Gasteiger partial charge in [-0.25, -0.2) is 9.97 Å². The molecule has 0 unspecified atom stereocenters. The normalized spacial score (nSPS) is 12.0. The summed E-state index contributed by atoms with van der Waals surface area (Å²) in [6, 6.07) is 9.13. The van der Waals surface area contributed by atoms with Crippen LogP contribution < -0.4 is 5.73 Å². The van der Waals surface area contributed by atoms with E-state index in [1.807, 2.05) is 39.0 Å². The van der Waals surface area contributed by atoms with Gasteiger partial charge < -0.3 is 10.2 Å². The van der Waals surface area contributed by atoms with Crippen LogP contribution in [0.25, 0.3) is 22.4 Å². The van der Waals surface area contributed by atoms with E-state index in [2.05, 4.69) is 9.97 Å². The Morgan fingerprint density at radius 2 is 1.86 bits per heavy atom. The Morgan fingerprint density at radius 1 is 1.10 bits per heavy atom. The molecule has 0 aliphatic carbocycles. The minimum Gasteiger partial charge on any atom is -0.454 e. The average molecular weight is 302 g/mol. The molecule has 0 amide bonds. The van der Waals surface area contributed by atoms with Crippen LogP contribution in [0.15, 0.2) is 34.7 Å². The number of anilines is 1. The van der Waals surface area contributed by atoms with E-state index in [-0.39, 0.29) is 5.41 Å². The molecular weight excluding hydrogens is 286 g/mol. The predicted molar refractivity (Wildman–Crippen MR) is 85.4 cm³/mol. The number of fused-ring (bicyclic) bond motifs is 1. The van der Waals surface area contributed by atoms with Crippen molar-refractivity contribution in [1.29, 1.82) is 0 Å². The summed E-state index contributed by atoms with van der Waals surface area (Å²) >= 11 is 6.00. The Balaban J connectivity index is 2.16. The maximum atomic E-state index is 6.00. The molecular formula is C16H16ClN3O. The molecule has 1 aromatic carbocycles. The zero-order chi connectivity index (χ0) is 15.2. The van der Waals surface area contributed by atoms with Crippen LogP contribution in [0.2, 0.25) is 5.02 Å². The SMILES string of the molecule is CC(C)(C)c1nc(N)cc(-c2cc3cc(Cl)ccc3o2)n1. The van der Waals surface area contributed by atoms with Gasteiger partial charge in [0.1, 0.15) is 22.9 Å². The first kappa shape index (κ1) is 13.9. The van der Waals surface area contributed by atoms with Crippen molar-refractivity contribution in [3.05, 3.63) is 41.2 Å². The topological polar surface area (TPSA) is 64.9 Å². The highest BCUT2D eigenvalue weighted by atomic mass is 35.5. The zero-order valence-corrected chi connectivity index (χ0v) is 12.9. The number of nitrogens with zero attached hydrogens (tertiary/aromatic N) is 2. The molecule has 2 aromatic heterocycles. The number of hydrogen-bond donors (Lipinski definition) is 1. The van der Waals surface area contributed by atoms with E-state index in [9.17, 15) is 0 Å². The minimum absolute atomic E-state index is 0.181. The van der Waals surface area contributed by atoms with Gasteiger partial charge in [0.05, 0.1) is 0 Å². The number of aromatic nitrogens is 2. The summed E-state index contributed by atoms with van der Waals surface area (Å²) in [6.07, 6.45) is 0. The van der Waals surface area contributed by atoms with E-state index in [1.54, 1.807) is 12.1 Å². The highest BCUT2D eigenvalue weighted by molar-refractivity contribution is 6.31. The van der Waals surface area contributed by atoms with Crippen molar-refractivity contribution in [2.24, 2.45) is 0 Å². The second kappa shape index (κ2) is 4.74.